The lowest BCUT2D eigenvalue weighted by molar-refractivity contribution is 0.0153. The second kappa shape index (κ2) is 6.67. The van der Waals surface area contributed by atoms with Crippen molar-refractivity contribution in [2.75, 3.05) is 19.6 Å². The largest absolute Gasteiger partial charge is 0.444 e. The van der Waals surface area contributed by atoms with Gasteiger partial charge >= 0.3 is 6.09 Å². The fourth-order valence-corrected chi connectivity index (χ4v) is 2.52. The normalized spacial score (nSPS) is 21.9. The van der Waals surface area contributed by atoms with Gasteiger partial charge in [-0.1, -0.05) is 30.3 Å². The maximum Gasteiger partial charge on any atom is 0.410 e. The molecular formula is C17H26N2O3. The van der Waals surface area contributed by atoms with Gasteiger partial charge in [0, 0.05) is 19.6 Å². The van der Waals surface area contributed by atoms with E-state index in [9.17, 15) is 9.90 Å². The minimum absolute atomic E-state index is 0.309. The third-order valence-electron chi connectivity index (χ3n) is 3.61. The van der Waals surface area contributed by atoms with Gasteiger partial charge in [-0.05, 0) is 32.8 Å². The molecule has 1 saturated heterocycles. The van der Waals surface area contributed by atoms with Gasteiger partial charge < -0.3 is 20.1 Å². The van der Waals surface area contributed by atoms with Gasteiger partial charge in [0.25, 0.3) is 0 Å². The number of carbonyl (C=O) groups excluding carboxylic acids is 1. The Labute approximate surface area is 132 Å². The first-order chi connectivity index (χ1) is 10.3. The Bertz CT molecular complexity index is 498. The van der Waals surface area contributed by atoms with Gasteiger partial charge in [-0.15, -0.1) is 0 Å². The van der Waals surface area contributed by atoms with E-state index in [4.69, 9.17) is 4.74 Å². The third-order valence-corrected chi connectivity index (χ3v) is 3.61. The Kier molecular flexibility index (Phi) is 5.08. The number of hydrogen-bond acceptors (Lipinski definition) is 4. The molecule has 0 bridgehead atoms. The number of carbonyl (C=O) groups is 1. The molecule has 1 atom stereocenters. The van der Waals surface area contributed by atoms with Crippen LogP contribution in [0, 0.1) is 0 Å². The summed E-state index contributed by atoms with van der Waals surface area (Å²) in [5, 5.41) is 13.8. The van der Waals surface area contributed by atoms with Crippen LogP contribution in [-0.2, 0) is 11.3 Å². The summed E-state index contributed by atoms with van der Waals surface area (Å²) in [6.07, 6.45) is 0.208. The highest BCUT2D eigenvalue weighted by Gasteiger charge is 2.39. The van der Waals surface area contributed by atoms with E-state index >= 15 is 0 Å². The van der Waals surface area contributed by atoms with Crippen molar-refractivity contribution >= 4 is 6.09 Å². The van der Waals surface area contributed by atoms with Crippen LogP contribution in [0.2, 0.25) is 0 Å². The maximum absolute atomic E-state index is 12.0. The molecule has 0 saturated carbocycles. The maximum atomic E-state index is 12.0. The van der Waals surface area contributed by atoms with Crippen molar-refractivity contribution in [2.45, 2.75) is 44.9 Å². The van der Waals surface area contributed by atoms with Crippen LogP contribution in [0.1, 0.15) is 32.8 Å². The average molecular weight is 306 g/mol. The van der Waals surface area contributed by atoms with Crippen LogP contribution < -0.4 is 5.32 Å². The smallest absolute Gasteiger partial charge is 0.410 e. The average Bonchev–Trinajstić information content (AvgIpc) is 2.81. The highest BCUT2D eigenvalue weighted by molar-refractivity contribution is 5.68. The van der Waals surface area contributed by atoms with Gasteiger partial charge in [0.15, 0.2) is 0 Å². The van der Waals surface area contributed by atoms with Crippen LogP contribution in [-0.4, -0.2) is 46.9 Å². The molecule has 2 rings (SSSR count). The minimum atomic E-state index is -0.883. The molecule has 0 aromatic heterocycles. The molecule has 1 fully saturated rings. The SMILES string of the molecule is CC(C)(C)OC(=O)N1CC[C@](O)(CNCc2ccccc2)C1. The first-order valence-electron chi connectivity index (χ1n) is 7.72. The van der Waals surface area contributed by atoms with Crippen molar-refractivity contribution < 1.29 is 14.6 Å². The Morgan fingerprint density at radius 3 is 2.68 bits per heavy atom. The van der Waals surface area contributed by atoms with Gasteiger partial charge in [-0.2, -0.15) is 0 Å². The van der Waals surface area contributed by atoms with Crippen molar-refractivity contribution in [1.29, 1.82) is 0 Å². The van der Waals surface area contributed by atoms with E-state index in [1.807, 2.05) is 51.1 Å². The monoisotopic (exact) mass is 306 g/mol. The van der Waals surface area contributed by atoms with E-state index in [0.717, 1.165) is 0 Å². The highest BCUT2D eigenvalue weighted by Crippen LogP contribution is 2.22. The number of amides is 1. The zero-order valence-corrected chi connectivity index (χ0v) is 13.6. The van der Waals surface area contributed by atoms with Gasteiger partial charge in [0.2, 0.25) is 0 Å². The van der Waals surface area contributed by atoms with Crippen LogP contribution in [0.15, 0.2) is 30.3 Å². The number of ether oxygens (including phenoxy) is 1. The van der Waals surface area contributed by atoms with E-state index in [1.54, 1.807) is 4.90 Å². The van der Waals surface area contributed by atoms with Crippen LogP contribution in [0.4, 0.5) is 4.79 Å². The Morgan fingerprint density at radius 2 is 2.05 bits per heavy atom. The van der Waals surface area contributed by atoms with E-state index < -0.39 is 11.2 Å². The molecule has 5 heteroatoms. The van der Waals surface area contributed by atoms with Gasteiger partial charge in [-0.25, -0.2) is 4.79 Å². The number of nitrogens with one attached hydrogen (secondary N) is 1. The summed E-state index contributed by atoms with van der Waals surface area (Å²) in [6, 6.07) is 10.0. The predicted molar refractivity (Wildman–Crippen MR) is 85.5 cm³/mol. The first kappa shape index (κ1) is 16.8. The molecule has 22 heavy (non-hydrogen) atoms. The molecule has 1 aliphatic rings. The van der Waals surface area contributed by atoms with Crippen molar-refractivity contribution in [3.05, 3.63) is 35.9 Å². The summed E-state index contributed by atoms with van der Waals surface area (Å²) < 4.78 is 5.34. The lowest BCUT2D eigenvalue weighted by Gasteiger charge is -2.26. The highest BCUT2D eigenvalue weighted by atomic mass is 16.6. The van der Waals surface area contributed by atoms with Crippen molar-refractivity contribution in [3.8, 4) is 0 Å². The first-order valence-corrected chi connectivity index (χ1v) is 7.72. The fourth-order valence-electron chi connectivity index (χ4n) is 2.52. The quantitative estimate of drug-likeness (QED) is 0.895. The minimum Gasteiger partial charge on any atom is -0.444 e. The van der Waals surface area contributed by atoms with Crippen LogP contribution in [0.25, 0.3) is 0 Å². The topological polar surface area (TPSA) is 61.8 Å². The number of aliphatic hydroxyl groups is 1. The van der Waals surface area contributed by atoms with Crippen LogP contribution >= 0.6 is 0 Å². The Balaban J connectivity index is 1.79. The summed E-state index contributed by atoms with van der Waals surface area (Å²) in [5.41, 5.74) is -0.220. The molecule has 122 valence electrons. The molecule has 1 aromatic rings. The fraction of sp³-hybridized carbons (Fsp3) is 0.588. The van der Waals surface area contributed by atoms with Gasteiger partial charge in [0.1, 0.15) is 5.60 Å². The second-order valence-corrected chi connectivity index (χ2v) is 6.97. The third kappa shape index (κ3) is 5.00. The second-order valence-electron chi connectivity index (χ2n) is 6.97. The number of β-amino-alcohol motifs (C(OH)–C–C–N with tert-alkyl or cyclic N) is 1. The van der Waals surface area contributed by atoms with Crippen LogP contribution in [0.5, 0.6) is 0 Å². The summed E-state index contributed by atoms with van der Waals surface area (Å²) in [6.45, 7) is 7.52. The summed E-state index contributed by atoms with van der Waals surface area (Å²) >= 11 is 0. The molecule has 2 N–H and O–H groups in total. The lowest BCUT2D eigenvalue weighted by Crippen LogP contribution is -2.44. The van der Waals surface area contributed by atoms with E-state index in [1.165, 1.54) is 5.56 Å². The summed E-state index contributed by atoms with van der Waals surface area (Å²) in [5.74, 6) is 0. The zero-order valence-electron chi connectivity index (χ0n) is 13.6. The molecule has 1 amide bonds. The summed E-state index contributed by atoms with van der Waals surface area (Å²) in [4.78, 5) is 13.6. The molecule has 5 nitrogen and oxygen atoms in total. The molecule has 0 radical (unpaired) electrons. The molecule has 1 aliphatic heterocycles. The molecule has 0 unspecified atom stereocenters. The number of hydrogen-bond donors (Lipinski definition) is 2. The van der Waals surface area contributed by atoms with E-state index in [-0.39, 0.29) is 6.09 Å². The zero-order chi connectivity index (χ0) is 16.2. The number of likely N-dealkylation sites (tertiary alicyclic amines) is 1. The number of benzene rings is 1. The lowest BCUT2D eigenvalue weighted by atomic mass is 10.0. The van der Waals surface area contributed by atoms with Gasteiger partial charge in [-0.3, -0.25) is 0 Å². The van der Waals surface area contributed by atoms with Crippen molar-refractivity contribution in [3.63, 3.8) is 0 Å². The van der Waals surface area contributed by atoms with E-state index in [0.29, 0.717) is 32.6 Å². The Hall–Kier alpha value is -1.59. The Morgan fingerprint density at radius 1 is 1.36 bits per heavy atom. The molecule has 0 spiro atoms. The van der Waals surface area contributed by atoms with Crippen LogP contribution in [0.3, 0.4) is 0 Å². The number of rotatable bonds is 4. The molecule has 1 aromatic carbocycles. The van der Waals surface area contributed by atoms with E-state index in [2.05, 4.69) is 5.32 Å². The number of nitrogens with zero attached hydrogens (tertiary/aromatic N) is 1. The molecular weight excluding hydrogens is 280 g/mol. The van der Waals surface area contributed by atoms with Gasteiger partial charge in [0.05, 0.1) is 12.1 Å². The van der Waals surface area contributed by atoms with Crippen molar-refractivity contribution in [1.82, 2.24) is 10.2 Å². The summed E-state index contributed by atoms with van der Waals surface area (Å²) in [7, 11) is 0. The molecule has 0 aliphatic carbocycles. The predicted octanol–water partition coefficient (Wildman–Crippen LogP) is 2.15. The standard InChI is InChI=1S/C17H26N2O3/c1-16(2,3)22-15(20)19-10-9-17(21,13-19)12-18-11-14-7-5-4-6-8-14/h4-8,18,21H,9-13H2,1-3H3/t17-/m0/s1. The molecule has 1 heterocycles. The van der Waals surface area contributed by atoms with Crippen molar-refractivity contribution in [2.24, 2.45) is 0 Å².